The third kappa shape index (κ3) is 4.12. The number of thioether (sulfide) groups is 1. The molecule has 0 unspecified atom stereocenters. The highest BCUT2D eigenvalue weighted by Crippen LogP contribution is 2.21. The number of aryl methyl sites for hydroxylation is 2. The van der Waals surface area contributed by atoms with Gasteiger partial charge in [0.15, 0.2) is 11.5 Å². The molecule has 2 aliphatic heterocycles. The molecule has 30 heavy (non-hydrogen) atoms. The topological polar surface area (TPSA) is 84.5 Å². The summed E-state index contributed by atoms with van der Waals surface area (Å²) >= 11 is 1.88. The fraction of sp³-hybridized carbons (Fsp3) is 0.550. The maximum atomic E-state index is 12.4. The monoisotopic (exact) mass is 426 g/mol. The smallest absolute Gasteiger partial charge is 0.267 e. The normalized spacial score (nSPS) is 18.0. The van der Waals surface area contributed by atoms with Crippen LogP contribution in [0, 0.1) is 6.92 Å². The number of hydrogen-bond acceptors (Lipinski definition) is 8. The van der Waals surface area contributed by atoms with Crippen molar-refractivity contribution in [3.8, 4) is 0 Å². The molecule has 0 saturated carbocycles. The van der Waals surface area contributed by atoms with E-state index in [0.717, 1.165) is 85.6 Å². The first-order valence-corrected chi connectivity index (χ1v) is 11.6. The minimum atomic E-state index is 0.0244. The van der Waals surface area contributed by atoms with Crippen LogP contribution in [0.15, 0.2) is 23.0 Å². The highest BCUT2D eigenvalue weighted by atomic mass is 32.2. The van der Waals surface area contributed by atoms with E-state index >= 15 is 0 Å². The third-order valence-corrected chi connectivity index (χ3v) is 6.83. The van der Waals surface area contributed by atoms with Crippen molar-refractivity contribution < 1.29 is 0 Å². The van der Waals surface area contributed by atoms with Gasteiger partial charge in [0.05, 0.1) is 24.5 Å². The third-order valence-electron chi connectivity index (χ3n) is 5.82. The lowest BCUT2D eigenvalue weighted by molar-refractivity contribution is 0.120. The maximum Gasteiger partial charge on any atom is 0.267 e. The Labute approximate surface area is 179 Å². The summed E-state index contributed by atoms with van der Waals surface area (Å²) in [6.45, 7) is 8.09. The fourth-order valence-corrected chi connectivity index (χ4v) is 5.00. The predicted octanol–water partition coefficient (Wildman–Crippen LogP) is 0.597. The van der Waals surface area contributed by atoms with Gasteiger partial charge in [0.1, 0.15) is 0 Å². The second-order valence-electron chi connectivity index (χ2n) is 7.96. The molecule has 3 aromatic rings. The Balaban J connectivity index is 1.16. The van der Waals surface area contributed by atoms with E-state index in [2.05, 4.69) is 30.2 Å². The second kappa shape index (κ2) is 8.44. The molecule has 2 aliphatic rings. The number of piperazine rings is 1. The van der Waals surface area contributed by atoms with Gasteiger partial charge in [-0.3, -0.25) is 14.6 Å². The second-order valence-corrected chi connectivity index (χ2v) is 9.06. The van der Waals surface area contributed by atoms with Crippen LogP contribution in [0.3, 0.4) is 0 Å². The quantitative estimate of drug-likeness (QED) is 0.586. The van der Waals surface area contributed by atoms with E-state index in [0.29, 0.717) is 6.54 Å². The van der Waals surface area contributed by atoms with Crippen molar-refractivity contribution >= 4 is 17.4 Å². The van der Waals surface area contributed by atoms with Gasteiger partial charge in [-0.25, -0.2) is 4.68 Å². The lowest BCUT2D eigenvalue weighted by Crippen LogP contribution is -2.47. The van der Waals surface area contributed by atoms with Crippen molar-refractivity contribution in [2.24, 2.45) is 0 Å². The molecule has 0 amide bonds. The zero-order valence-electron chi connectivity index (χ0n) is 17.2. The Morgan fingerprint density at radius 2 is 1.87 bits per heavy atom. The Kier molecular flexibility index (Phi) is 5.53. The van der Waals surface area contributed by atoms with Crippen molar-refractivity contribution in [2.45, 2.75) is 32.2 Å². The predicted molar refractivity (Wildman–Crippen MR) is 116 cm³/mol. The Morgan fingerprint density at radius 1 is 1.03 bits per heavy atom. The van der Waals surface area contributed by atoms with Crippen LogP contribution in [-0.4, -0.2) is 77.9 Å². The van der Waals surface area contributed by atoms with E-state index in [1.54, 1.807) is 10.7 Å². The molecule has 10 heteroatoms. The molecule has 0 N–H and O–H groups in total. The summed E-state index contributed by atoms with van der Waals surface area (Å²) in [5, 5.41) is 17.7. The molecule has 1 saturated heterocycles. The molecular formula is C20H26N8OS. The van der Waals surface area contributed by atoms with Crippen LogP contribution in [0.25, 0.3) is 5.65 Å². The van der Waals surface area contributed by atoms with E-state index in [1.807, 2.05) is 35.3 Å². The summed E-state index contributed by atoms with van der Waals surface area (Å²) in [5.74, 6) is 2.89. The van der Waals surface area contributed by atoms with Crippen LogP contribution in [0.2, 0.25) is 0 Å². The first kappa shape index (κ1) is 19.7. The largest absolute Gasteiger partial charge is 0.299 e. The summed E-state index contributed by atoms with van der Waals surface area (Å²) in [6, 6.07) is 5.69. The standard InChI is InChI=1S/C20H26N8OS/c1-15-2-3-18-21-22-19(28(18)23-15)13-26-7-5-25(6-8-26)9-10-27-20(29)12-16-14-30-11-4-17(16)24-27/h2-3,12H,4-11,13-14H2,1H3. The van der Waals surface area contributed by atoms with Crippen molar-refractivity contribution in [2.75, 3.05) is 38.5 Å². The minimum absolute atomic E-state index is 0.0244. The van der Waals surface area contributed by atoms with Gasteiger partial charge >= 0.3 is 0 Å². The molecule has 3 aromatic heterocycles. The molecule has 5 heterocycles. The minimum Gasteiger partial charge on any atom is -0.299 e. The number of fused-ring (bicyclic) bond motifs is 2. The van der Waals surface area contributed by atoms with Crippen LogP contribution in [0.4, 0.5) is 0 Å². The average molecular weight is 427 g/mol. The molecule has 0 atom stereocenters. The molecule has 0 spiro atoms. The number of nitrogens with zero attached hydrogens (tertiary/aromatic N) is 8. The summed E-state index contributed by atoms with van der Waals surface area (Å²) in [6.07, 6.45) is 0.963. The van der Waals surface area contributed by atoms with E-state index in [-0.39, 0.29) is 5.56 Å². The summed E-state index contributed by atoms with van der Waals surface area (Å²) in [5.41, 5.74) is 3.99. The molecule has 0 aliphatic carbocycles. The summed E-state index contributed by atoms with van der Waals surface area (Å²) in [4.78, 5) is 17.2. The molecule has 9 nitrogen and oxygen atoms in total. The summed E-state index contributed by atoms with van der Waals surface area (Å²) in [7, 11) is 0. The van der Waals surface area contributed by atoms with E-state index in [1.165, 1.54) is 0 Å². The van der Waals surface area contributed by atoms with Crippen molar-refractivity contribution in [3.63, 3.8) is 0 Å². The Morgan fingerprint density at radius 3 is 2.73 bits per heavy atom. The van der Waals surface area contributed by atoms with Crippen molar-refractivity contribution in [1.82, 2.24) is 39.4 Å². The number of hydrogen-bond donors (Lipinski definition) is 0. The van der Waals surface area contributed by atoms with Crippen LogP contribution in [0.5, 0.6) is 0 Å². The van der Waals surface area contributed by atoms with E-state index < -0.39 is 0 Å². The first-order valence-electron chi connectivity index (χ1n) is 10.5. The summed E-state index contributed by atoms with van der Waals surface area (Å²) < 4.78 is 3.49. The van der Waals surface area contributed by atoms with Gasteiger partial charge in [-0.05, 0) is 30.4 Å². The SMILES string of the molecule is Cc1ccc2nnc(CN3CCN(CCn4nc5c(cc4=O)CSCC5)CC3)n2n1. The van der Waals surface area contributed by atoms with Gasteiger partial charge < -0.3 is 0 Å². The molecule has 5 rings (SSSR count). The molecular weight excluding hydrogens is 400 g/mol. The van der Waals surface area contributed by atoms with Gasteiger partial charge in [-0.15, -0.1) is 10.2 Å². The van der Waals surface area contributed by atoms with Crippen LogP contribution in [-0.2, 0) is 25.3 Å². The molecule has 0 aromatic carbocycles. The highest BCUT2D eigenvalue weighted by molar-refractivity contribution is 7.98. The number of aromatic nitrogens is 6. The molecule has 0 radical (unpaired) electrons. The average Bonchev–Trinajstić information content (AvgIpc) is 3.15. The Bertz CT molecular complexity index is 1100. The van der Waals surface area contributed by atoms with Crippen molar-refractivity contribution in [1.29, 1.82) is 0 Å². The van der Waals surface area contributed by atoms with Crippen LogP contribution >= 0.6 is 11.8 Å². The highest BCUT2D eigenvalue weighted by Gasteiger charge is 2.20. The van der Waals surface area contributed by atoms with Gasteiger partial charge in [-0.1, -0.05) is 0 Å². The van der Waals surface area contributed by atoms with Gasteiger partial charge in [0.25, 0.3) is 5.56 Å². The molecule has 1 fully saturated rings. The zero-order chi connectivity index (χ0) is 20.5. The maximum absolute atomic E-state index is 12.4. The van der Waals surface area contributed by atoms with E-state index in [9.17, 15) is 4.79 Å². The lowest BCUT2D eigenvalue weighted by atomic mass is 10.2. The van der Waals surface area contributed by atoms with Crippen LogP contribution in [0.1, 0.15) is 22.8 Å². The lowest BCUT2D eigenvalue weighted by Gasteiger charge is -2.34. The van der Waals surface area contributed by atoms with Gasteiger partial charge in [0, 0.05) is 51.0 Å². The fourth-order valence-electron chi connectivity index (χ4n) is 4.04. The van der Waals surface area contributed by atoms with Crippen molar-refractivity contribution in [3.05, 3.63) is 51.3 Å². The van der Waals surface area contributed by atoms with Gasteiger partial charge in [0.2, 0.25) is 0 Å². The van der Waals surface area contributed by atoms with Crippen LogP contribution < -0.4 is 5.56 Å². The molecule has 158 valence electrons. The zero-order valence-corrected chi connectivity index (χ0v) is 18.0. The van der Waals surface area contributed by atoms with E-state index in [4.69, 9.17) is 0 Å². The van der Waals surface area contributed by atoms with Gasteiger partial charge in [-0.2, -0.15) is 26.5 Å². The molecule has 0 bridgehead atoms. The number of rotatable bonds is 5. The first-order chi connectivity index (χ1) is 14.7. The Hall–Kier alpha value is -2.30.